The lowest BCUT2D eigenvalue weighted by Crippen LogP contribution is -2.41. The van der Waals surface area contributed by atoms with Crippen LogP contribution in [0.25, 0.3) is 0 Å². The summed E-state index contributed by atoms with van der Waals surface area (Å²) < 4.78 is 5.25. The Labute approximate surface area is 102 Å². The van der Waals surface area contributed by atoms with Gasteiger partial charge >= 0.3 is 6.03 Å². The van der Waals surface area contributed by atoms with Gasteiger partial charge < -0.3 is 15.1 Å². The molecule has 17 heavy (non-hydrogen) atoms. The van der Waals surface area contributed by atoms with E-state index in [1.807, 2.05) is 19.1 Å². The number of nitrogens with one attached hydrogen (secondary N) is 2. The van der Waals surface area contributed by atoms with Crippen molar-refractivity contribution in [1.82, 2.24) is 10.6 Å². The molecule has 1 fully saturated rings. The molecule has 1 heterocycles. The Morgan fingerprint density at radius 2 is 2.41 bits per heavy atom. The van der Waals surface area contributed by atoms with Crippen LogP contribution in [-0.2, 0) is 6.42 Å². The molecule has 1 aliphatic rings. The van der Waals surface area contributed by atoms with Crippen LogP contribution in [0.4, 0.5) is 4.79 Å². The Bertz CT molecular complexity index is 344. The summed E-state index contributed by atoms with van der Waals surface area (Å²) in [6.07, 6.45) is 5.94. The smallest absolute Gasteiger partial charge is 0.315 e. The second kappa shape index (κ2) is 5.75. The number of hydrogen-bond acceptors (Lipinski definition) is 2. The number of amides is 2. The van der Waals surface area contributed by atoms with E-state index in [1.165, 1.54) is 12.8 Å². The summed E-state index contributed by atoms with van der Waals surface area (Å²) >= 11 is 0. The summed E-state index contributed by atoms with van der Waals surface area (Å²) in [5.74, 6) is 1.69. The summed E-state index contributed by atoms with van der Waals surface area (Å²) in [5, 5.41) is 5.83. The second-order valence-electron chi connectivity index (χ2n) is 4.82. The Morgan fingerprint density at radius 1 is 1.59 bits per heavy atom. The van der Waals surface area contributed by atoms with E-state index in [0.717, 1.165) is 31.1 Å². The minimum Gasteiger partial charge on any atom is -0.469 e. The molecule has 1 atom stereocenters. The quantitative estimate of drug-likeness (QED) is 0.796. The molecule has 94 valence electrons. The molecule has 2 rings (SSSR count). The zero-order valence-corrected chi connectivity index (χ0v) is 10.2. The number of rotatable bonds is 6. The molecule has 0 spiro atoms. The van der Waals surface area contributed by atoms with E-state index in [0.29, 0.717) is 0 Å². The molecule has 1 aromatic rings. The molecule has 0 bridgehead atoms. The fourth-order valence-corrected chi connectivity index (χ4v) is 1.72. The minimum atomic E-state index is -0.0520. The summed E-state index contributed by atoms with van der Waals surface area (Å²) in [7, 11) is 0. The average Bonchev–Trinajstić information content (AvgIpc) is 2.99. The molecular formula is C13H20N2O2. The van der Waals surface area contributed by atoms with E-state index in [4.69, 9.17) is 4.42 Å². The van der Waals surface area contributed by atoms with Gasteiger partial charge in [0.1, 0.15) is 5.76 Å². The predicted molar refractivity (Wildman–Crippen MR) is 65.7 cm³/mol. The molecule has 0 radical (unpaired) electrons. The Morgan fingerprint density at radius 3 is 3.06 bits per heavy atom. The number of hydrogen-bond donors (Lipinski definition) is 2. The molecule has 4 nitrogen and oxygen atoms in total. The van der Waals surface area contributed by atoms with Crippen molar-refractivity contribution in [3.63, 3.8) is 0 Å². The van der Waals surface area contributed by atoms with Crippen LogP contribution in [0.2, 0.25) is 0 Å². The molecule has 2 N–H and O–H groups in total. The first-order chi connectivity index (χ1) is 8.24. The van der Waals surface area contributed by atoms with E-state index in [-0.39, 0.29) is 12.1 Å². The molecule has 1 saturated carbocycles. The molecule has 1 aliphatic carbocycles. The number of aryl methyl sites for hydroxylation is 1. The maximum Gasteiger partial charge on any atom is 0.315 e. The van der Waals surface area contributed by atoms with Crippen molar-refractivity contribution in [1.29, 1.82) is 0 Å². The SMILES string of the molecule is C[C@@H](CCc1ccco1)NC(=O)NCC1CC1. The summed E-state index contributed by atoms with van der Waals surface area (Å²) in [6.45, 7) is 2.83. The first kappa shape index (κ1) is 12.0. The average molecular weight is 236 g/mol. The van der Waals surface area contributed by atoms with Crippen LogP contribution < -0.4 is 10.6 Å². The topological polar surface area (TPSA) is 54.3 Å². The third-order valence-electron chi connectivity index (χ3n) is 3.03. The highest BCUT2D eigenvalue weighted by Gasteiger charge is 2.21. The fourth-order valence-electron chi connectivity index (χ4n) is 1.72. The highest BCUT2D eigenvalue weighted by atomic mass is 16.3. The molecule has 4 heteroatoms. The summed E-state index contributed by atoms with van der Waals surface area (Å²) in [5.41, 5.74) is 0. The van der Waals surface area contributed by atoms with Crippen LogP contribution in [0.1, 0.15) is 31.9 Å². The molecule has 0 saturated heterocycles. The maximum atomic E-state index is 11.5. The van der Waals surface area contributed by atoms with Crippen molar-refractivity contribution in [3.8, 4) is 0 Å². The number of urea groups is 1. The Hall–Kier alpha value is -1.45. The second-order valence-corrected chi connectivity index (χ2v) is 4.82. The van der Waals surface area contributed by atoms with E-state index < -0.39 is 0 Å². The third-order valence-corrected chi connectivity index (χ3v) is 3.03. The summed E-state index contributed by atoms with van der Waals surface area (Å²) in [4.78, 5) is 11.5. The van der Waals surface area contributed by atoms with Crippen molar-refractivity contribution in [3.05, 3.63) is 24.2 Å². The fraction of sp³-hybridized carbons (Fsp3) is 0.615. The monoisotopic (exact) mass is 236 g/mol. The van der Waals surface area contributed by atoms with E-state index >= 15 is 0 Å². The predicted octanol–water partition coefficient (Wildman–Crippen LogP) is 2.31. The van der Waals surface area contributed by atoms with Gasteiger partial charge in [-0.3, -0.25) is 0 Å². The van der Waals surface area contributed by atoms with Crippen LogP contribution in [-0.4, -0.2) is 18.6 Å². The Balaban J connectivity index is 1.58. The first-order valence-electron chi connectivity index (χ1n) is 6.31. The molecule has 0 aromatic carbocycles. The standard InChI is InChI=1S/C13H20N2O2/c1-10(4-7-12-3-2-8-17-12)15-13(16)14-9-11-5-6-11/h2-3,8,10-11H,4-7,9H2,1H3,(H2,14,15,16)/t10-/m0/s1. The van der Waals surface area contributed by atoms with Crippen LogP contribution in [0.15, 0.2) is 22.8 Å². The van der Waals surface area contributed by atoms with Gasteiger partial charge in [0.25, 0.3) is 0 Å². The van der Waals surface area contributed by atoms with Gasteiger partial charge in [0.2, 0.25) is 0 Å². The third kappa shape index (κ3) is 4.51. The van der Waals surface area contributed by atoms with Gasteiger partial charge in [0.15, 0.2) is 0 Å². The van der Waals surface area contributed by atoms with Gasteiger partial charge in [-0.25, -0.2) is 4.79 Å². The van der Waals surface area contributed by atoms with Crippen LogP contribution >= 0.6 is 0 Å². The van der Waals surface area contributed by atoms with Crippen LogP contribution in [0.5, 0.6) is 0 Å². The maximum absolute atomic E-state index is 11.5. The van der Waals surface area contributed by atoms with E-state index in [2.05, 4.69) is 10.6 Å². The van der Waals surface area contributed by atoms with Crippen molar-refractivity contribution >= 4 is 6.03 Å². The Kier molecular flexibility index (Phi) is 4.07. The molecule has 1 aromatic heterocycles. The normalized spacial score (nSPS) is 16.5. The highest BCUT2D eigenvalue weighted by molar-refractivity contribution is 5.74. The van der Waals surface area contributed by atoms with Crippen molar-refractivity contribution in [2.24, 2.45) is 5.92 Å². The number of carbonyl (C=O) groups excluding carboxylic acids is 1. The zero-order chi connectivity index (χ0) is 12.1. The van der Waals surface area contributed by atoms with Gasteiger partial charge in [-0.15, -0.1) is 0 Å². The number of furan rings is 1. The largest absolute Gasteiger partial charge is 0.469 e. The van der Waals surface area contributed by atoms with Gasteiger partial charge in [-0.2, -0.15) is 0 Å². The molecular weight excluding hydrogens is 216 g/mol. The van der Waals surface area contributed by atoms with Crippen molar-refractivity contribution in [2.75, 3.05) is 6.54 Å². The number of carbonyl (C=O) groups is 1. The molecule has 0 unspecified atom stereocenters. The van der Waals surface area contributed by atoms with Gasteiger partial charge in [0, 0.05) is 19.0 Å². The van der Waals surface area contributed by atoms with Crippen molar-refractivity contribution in [2.45, 2.75) is 38.6 Å². The summed E-state index contributed by atoms with van der Waals surface area (Å²) in [6, 6.07) is 3.96. The van der Waals surface area contributed by atoms with Gasteiger partial charge in [0.05, 0.1) is 6.26 Å². The highest BCUT2D eigenvalue weighted by Crippen LogP contribution is 2.27. The lowest BCUT2D eigenvalue weighted by atomic mass is 10.1. The van der Waals surface area contributed by atoms with E-state index in [9.17, 15) is 4.79 Å². The minimum absolute atomic E-state index is 0.0520. The van der Waals surface area contributed by atoms with Gasteiger partial charge in [-0.1, -0.05) is 0 Å². The lowest BCUT2D eigenvalue weighted by molar-refractivity contribution is 0.236. The van der Waals surface area contributed by atoms with Crippen LogP contribution in [0.3, 0.4) is 0 Å². The zero-order valence-electron chi connectivity index (χ0n) is 10.2. The molecule has 2 amide bonds. The first-order valence-corrected chi connectivity index (χ1v) is 6.31. The van der Waals surface area contributed by atoms with Crippen LogP contribution in [0, 0.1) is 5.92 Å². The van der Waals surface area contributed by atoms with Gasteiger partial charge in [-0.05, 0) is 44.2 Å². The van der Waals surface area contributed by atoms with E-state index in [1.54, 1.807) is 6.26 Å². The molecule has 0 aliphatic heterocycles. The van der Waals surface area contributed by atoms with Crippen molar-refractivity contribution < 1.29 is 9.21 Å². The lowest BCUT2D eigenvalue weighted by Gasteiger charge is -2.13.